The van der Waals surface area contributed by atoms with Gasteiger partial charge in [0.1, 0.15) is 23.3 Å². The number of aromatic nitrogens is 1. The van der Waals surface area contributed by atoms with Gasteiger partial charge in [0.2, 0.25) is 0 Å². The maximum Gasteiger partial charge on any atom is 0.338 e. The average Bonchev–Trinajstić information content (AvgIpc) is 2.83. The van der Waals surface area contributed by atoms with Crippen molar-refractivity contribution in [3.63, 3.8) is 0 Å². The molecule has 0 bridgehead atoms. The van der Waals surface area contributed by atoms with Crippen LogP contribution in [0.25, 0.3) is 11.3 Å². The van der Waals surface area contributed by atoms with Crippen molar-refractivity contribution in [2.24, 2.45) is 17.3 Å². The van der Waals surface area contributed by atoms with Gasteiger partial charge >= 0.3 is 11.9 Å². The molecule has 0 amide bonds. The molecule has 1 aliphatic carbocycles. The fourth-order valence-corrected chi connectivity index (χ4v) is 5.29. The molecule has 1 aromatic rings. The van der Waals surface area contributed by atoms with Crippen LogP contribution >= 0.6 is 0 Å². The fourth-order valence-electron chi connectivity index (χ4n) is 5.29. The first kappa shape index (κ1) is 31.9. The fraction of sp³-hybridized carbons (Fsp3) is 0.500. The number of carboxylic acid groups (broad SMARTS) is 1. The first-order valence-electron chi connectivity index (χ1n) is 14.4. The topological polar surface area (TPSA) is 97.8 Å². The molecule has 1 saturated carbocycles. The van der Waals surface area contributed by atoms with Crippen LogP contribution in [0.3, 0.4) is 0 Å². The molecule has 7 nitrogen and oxygen atoms in total. The Hall–Kier alpha value is -3.61. The van der Waals surface area contributed by atoms with Crippen LogP contribution in [0.2, 0.25) is 0 Å². The Morgan fingerprint density at radius 1 is 1.29 bits per heavy atom. The number of carbonyl (C=O) groups is 2. The number of pyridine rings is 1. The molecule has 0 spiro atoms. The lowest BCUT2D eigenvalue weighted by atomic mass is 9.80. The van der Waals surface area contributed by atoms with Crippen LogP contribution < -0.4 is 5.32 Å². The standard InChI is InChI=1S/C34H46N2O5/c1-11-13-24(14-15-26-20(3)21(4)34(9,10)41-32(26)39)36-30-18-27(29(12-2)33(6,7)8)28(19-35-30)22(5)40-25-16-23(17-25)31(37)38/h12-15,18-19,21,23,25H,5,11,16-17H2,1-4,6-10H3,(H,35,36)(H,37,38)/b15-14-,24-13-,29-12+/t21-,23?,25?/m1/s1. The molecule has 2 heterocycles. The minimum atomic E-state index is -0.785. The van der Waals surface area contributed by atoms with Crippen LogP contribution in [0, 0.1) is 17.3 Å². The normalized spacial score (nSPS) is 23.2. The maximum atomic E-state index is 12.8. The summed E-state index contributed by atoms with van der Waals surface area (Å²) < 4.78 is 11.8. The Labute approximate surface area is 245 Å². The molecular formula is C34H46N2O5. The van der Waals surface area contributed by atoms with Gasteiger partial charge in [-0.2, -0.15) is 0 Å². The molecule has 2 aliphatic rings. The Balaban J connectivity index is 1.92. The second kappa shape index (κ2) is 12.5. The Morgan fingerprint density at radius 3 is 2.51 bits per heavy atom. The van der Waals surface area contributed by atoms with E-state index in [0.29, 0.717) is 30.0 Å². The largest absolute Gasteiger partial charge is 0.490 e. The summed E-state index contributed by atoms with van der Waals surface area (Å²) in [5.41, 5.74) is 4.52. The number of carboxylic acids is 1. The molecule has 3 rings (SSSR count). The summed E-state index contributed by atoms with van der Waals surface area (Å²) in [6, 6.07) is 1.99. The third-order valence-corrected chi connectivity index (χ3v) is 8.16. The molecule has 1 aromatic heterocycles. The third-order valence-electron chi connectivity index (χ3n) is 8.16. The minimum Gasteiger partial charge on any atom is -0.490 e. The van der Waals surface area contributed by atoms with Crippen molar-refractivity contribution < 1.29 is 24.2 Å². The number of anilines is 1. The number of nitrogens with one attached hydrogen (secondary N) is 1. The predicted octanol–water partition coefficient (Wildman–Crippen LogP) is 7.93. The molecule has 7 heteroatoms. The molecule has 41 heavy (non-hydrogen) atoms. The van der Waals surface area contributed by atoms with E-state index in [1.165, 1.54) is 0 Å². The van der Waals surface area contributed by atoms with E-state index < -0.39 is 11.6 Å². The number of nitrogens with zero attached hydrogens (tertiary/aromatic N) is 1. The van der Waals surface area contributed by atoms with Crippen LogP contribution in [-0.4, -0.2) is 33.7 Å². The number of hydrogen-bond acceptors (Lipinski definition) is 6. The van der Waals surface area contributed by atoms with E-state index in [9.17, 15) is 14.7 Å². The number of rotatable bonds is 10. The van der Waals surface area contributed by atoms with E-state index in [1.54, 1.807) is 6.20 Å². The van der Waals surface area contributed by atoms with Gasteiger partial charge < -0.3 is 19.9 Å². The number of cyclic esters (lactones) is 1. The molecule has 1 aliphatic heterocycles. The van der Waals surface area contributed by atoms with Gasteiger partial charge in [-0.05, 0) is 81.7 Å². The van der Waals surface area contributed by atoms with Crippen molar-refractivity contribution in [3.8, 4) is 0 Å². The molecule has 1 fully saturated rings. The zero-order valence-corrected chi connectivity index (χ0v) is 26.1. The molecule has 2 N–H and O–H groups in total. The summed E-state index contributed by atoms with van der Waals surface area (Å²) >= 11 is 0. The summed E-state index contributed by atoms with van der Waals surface area (Å²) in [4.78, 5) is 28.7. The van der Waals surface area contributed by atoms with Crippen molar-refractivity contribution >= 4 is 29.1 Å². The van der Waals surface area contributed by atoms with Gasteiger partial charge in [0.05, 0.1) is 11.5 Å². The summed E-state index contributed by atoms with van der Waals surface area (Å²) in [6.07, 6.45) is 11.2. The van der Waals surface area contributed by atoms with Crippen molar-refractivity contribution in [2.45, 2.75) is 93.3 Å². The van der Waals surface area contributed by atoms with Gasteiger partial charge in [-0.1, -0.05) is 58.9 Å². The van der Waals surface area contributed by atoms with E-state index >= 15 is 0 Å². The first-order valence-corrected chi connectivity index (χ1v) is 14.4. The Morgan fingerprint density at radius 2 is 1.95 bits per heavy atom. The predicted molar refractivity (Wildman–Crippen MR) is 165 cm³/mol. The zero-order chi connectivity index (χ0) is 30.7. The van der Waals surface area contributed by atoms with E-state index in [0.717, 1.165) is 34.4 Å². The van der Waals surface area contributed by atoms with Crippen LogP contribution in [0.4, 0.5) is 5.82 Å². The molecule has 1 atom stereocenters. The minimum absolute atomic E-state index is 0.102. The number of allylic oxidation sites excluding steroid dienone is 4. The van der Waals surface area contributed by atoms with E-state index in [4.69, 9.17) is 9.47 Å². The van der Waals surface area contributed by atoms with Gasteiger partial charge in [-0.3, -0.25) is 4.79 Å². The van der Waals surface area contributed by atoms with Crippen molar-refractivity contribution in [2.75, 3.05) is 5.32 Å². The molecule has 0 saturated heterocycles. The quantitative estimate of drug-likeness (QED) is 0.170. The number of hydrogen-bond donors (Lipinski definition) is 2. The van der Waals surface area contributed by atoms with E-state index in [2.05, 4.69) is 57.6 Å². The van der Waals surface area contributed by atoms with Crippen molar-refractivity contribution in [3.05, 3.63) is 71.1 Å². The summed E-state index contributed by atoms with van der Waals surface area (Å²) in [6.45, 7) is 22.6. The number of aliphatic carboxylic acids is 1. The third kappa shape index (κ3) is 7.38. The number of esters is 1. The number of ether oxygens (including phenoxy) is 2. The van der Waals surface area contributed by atoms with Gasteiger partial charge in [-0.25, -0.2) is 9.78 Å². The highest BCUT2D eigenvalue weighted by Gasteiger charge is 2.38. The first-order chi connectivity index (χ1) is 19.1. The highest BCUT2D eigenvalue weighted by Crippen LogP contribution is 2.40. The lowest BCUT2D eigenvalue weighted by Crippen LogP contribution is -2.40. The Bertz CT molecular complexity index is 1320. The second-order valence-corrected chi connectivity index (χ2v) is 12.6. The van der Waals surface area contributed by atoms with Gasteiger partial charge in [0, 0.05) is 23.4 Å². The summed E-state index contributed by atoms with van der Waals surface area (Å²) in [5.74, 6) is -0.233. The maximum absolute atomic E-state index is 12.8. The lowest BCUT2D eigenvalue weighted by Gasteiger charge is -2.37. The highest BCUT2D eigenvalue weighted by molar-refractivity contribution is 5.94. The molecule has 0 aromatic carbocycles. The van der Waals surface area contributed by atoms with Gasteiger partial charge in [-0.15, -0.1) is 0 Å². The Kier molecular flexibility index (Phi) is 9.73. The van der Waals surface area contributed by atoms with Crippen LogP contribution in [0.5, 0.6) is 0 Å². The SMILES string of the molecule is C=C(OC1CC(C(=O)O)C1)c1cnc(NC(/C=C\C2=C(C)[C@@H](C)C(C)(C)OC2=O)=C\CC)cc1/C(=C\C)C(C)(C)C. The van der Waals surface area contributed by atoms with Crippen LogP contribution in [-0.2, 0) is 19.1 Å². The molecular weight excluding hydrogens is 516 g/mol. The van der Waals surface area contributed by atoms with Crippen LogP contribution in [0.15, 0.2) is 60.0 Å². The highest BCUT2D eigenvalue weighted by atomic mass is 16.6. The summed E-state index contributed by atoms with van der Waals surface area (Å²) in [7, 11) is 0. The second-order valence-electron chi connectivity index (χ2n) is 12.6. The molecule has 222 valence electrons. The smallest absolute Gasteiger partial charge is 0.338 e. The van der Waals surface area contributed by atoms with E-state index in [-0.39, 0.29) is 29.3 Å². The average molecular weight is 563 g/mol. The van der Waals surface area contributed by atoms with Gasteiger partial charge in [0.25, 0.3) is 0 Å². The zero-order valence-electron chi connectivity index (χ0n) is 26.1. The van der Waals surface area contributed by atoms with Crippen molar-refractivity contribution in [1.29, 1.82) is 0 Å². The molecule has 0 radical (unpaired) electrons. The van der Waals surface area contributed by atoms with Gasteiger partial charge in [0.15, 0.2) is 0 Å². The monoisotopic (exact) mass is 562 g/mol. The number of carbonyl (C=O) groups excluding carboxylic acids is 1. The summed E-state index contributed by atoms with van der Waals surface area (Å²) in [5, 5.41) is 12.6. The van der Waals surface area contributed by atoms with Crippen molar-refractivity contribution in [1.82, 2.24) is 4.98 Å². The lowest BCUT2D eigenvalue weighted by molar-refractivity contribution is -0.157. The van der Waals surface area contributed by atoms with Crippen LogP contribution in [0.1, 0.15) is 92.7 Å². The molecule has 0 unspecified atom stereocenters. The van der Waals surface area contributed by atoms with E-state index in [1.807, 2.05) is 52.0 Å².